The highest BCUT2D eigenvalue weighted by atomic mass is 14.7. The second kappa shape index (κ2) is 4.22. The van der Waals surface area contributed by atoms with Crippen LogP contribution in [0.1, 0.15) is 11.1 Å². The van der Waals surface area contributed by atoms with Gasteiger partial charge in [-0.2, -0.15) is 0 Å². The molecule has 0 amide bonds. The molecule has 0 aliphatic heterocycles. The van der Waals surface area contributed by atoms with Crippen molar-refractivity contribution >= 4 is 10.9 Å². The van der Waals surface area contributed by atoms with Crippen molar-refractivity contribution in [1.29, 1.82) is 0 Å². The SMILES string of the molecule is Cc1cccc(-c2cc(C)c3cnccc3n2)c1. The van der Waals surface area contributed by atoms with Gasteiger partial charge in [0.05, 0.1) is 11.2 Å². The van der Waals surface area contributed by atoms with E-state index in [9.17, 15) is 0 Å². The summed E-state index contributed by atoms with van der Waals surface area (Å²) in [4.78, 5) is 8.86. The minimum atomic E-state index is 1.00. The lowest BCUT2D eigenvalue weighted by atomic mass is 10.0. The van der Waals surface area contributed by atoms with E-state index < -0.39 is 0 Å². The van der Waals surface area contributed by atoms with Crippen molar-refractivity contribution in [2.75, 3.05) is 0 Å². The molecule has 2 heterocycles. The van der Waals surface area contributed by atoms with Gasteiger partial charge in [0.15, 0.2) is 0 Å². The highest BCUT2D eigenvalue weighted by Gasteiger charge is 2.04. The van der Waals surface area contributed by atoms with Gasteiger partial charge in [-0.05, 0) is 37.6 Å². The smallest absolute Gasteiger partial charge is 0.0742 e. The third kappa shape index (κ3) is 1.86. The molecule has 0 radical (unpaired) electrons. The van der Waals surface area contributed by atoms with E-state index in [4.69, 9.17) is 4.98 Å². The largest absolute Gasteiger partial charge is 0.264 e. The second-order valence-corrected chi connectivity index (χ2v) is 4.59. The molecular formula is C16H14N2. The lowest BCUT2D eigenvalue weighted by molar-refractivity contribution is 1.30. The number of aromatic nitrogens is 2. The summed E-state index contributed by atoms with van der Waals surface area (Å²) in [6, 6.07) is 12.5. The predicted octanol–water partition coefficient (Wildman–Crippen LogP) is 3.91. The Hall–Kier alpha value is -2.22. The Morgan fingerprint density at radius 3 is 2.72 bits per heavy atom. The number of hydrogen-bond donors (Lipinski definition) is 0. The van der Waals surface area contributed by atoms with Gasteiger partial charge in [-0.1, -0.05) is 23.8 Å². The van der Waals surface area contributed by atoms with Gasteiger partial charge < -0.3 is 0 Å². The van der Waals surface area contributed by atoms with Crippen molar-refractivity contribution < 1.29 is 0 Å². The molecule has 3 rings (SSSR count). The fourth-order valence-electron chi connectivity index (χ4n) is 2.19. The van der Waals surface area contributed by atoms with Crippen LogP contribution in [0.5, 0.6) is 0 Å². The molecule has 0 saturated heterocycles. The van der Waals surface area contributed by atoms with Crippen molar-refractivity contribution in [3.8, 4) is 11.3 Å². The van der Waals surface area contributed by atoms with Crippen LogP contribution in [0.25, 0.3) is 22.2 Å². The van der Waals surface area contributed by atoms with E-state index >= 15 is 0 Å². The van der Waals surface area contributed by atoms with Crippen LogP contribution in [0.2, 0.25) is 0 Å². The zero-order valence-electron chi connectivity index (χ0n) is 10.5. The highest BCUT2D eigenvalue weighted by molar-refractivity contribution is 5.84. The van der Waals surface area contributed by atoms with Crippen molar-refractivity contribution in [1.82, 2.24) is 9.97 Å². The van der Waals surface area contributed by atoms with Crippen molar-refractivity contribution in [3.63, 3.8) is 0 Å². The number of rotatable bonds is 1. The quantitative estimate of drug-likeness (QED) is 0.638. The number of benzene rings is 1. The summed E-state index contributed by atoms with van der Waals surface area (Å²) in [6.07, 6.45) is 3.66. The van der Waals surface area contributed by atoms with E-state index in [1.54, 1.807) is 6.20 Å². The van der Waals surface area contributed by atoms with Crippen LogP contribution in [0, 0.1) is 13.8 Å². The van der Waals surface area contributed by atoms with Gasteiger partial charge in [-0.25, -0.2) is 4.98 Å². The van der Waals surface area contributed by atoms with Crippen LogP contribution < -0.4 is 0 Å². The number of pyridine rings is 2. The molecule has 0 N–H and O–H groups in total. The Morgan fingerprint density at radius 1 is 1.00 bits per heavy atom. The first-order valence-electron chi connectivity index (χ1n) is 6.02. The standard InChI is InChI=1S/C16H14N2/c1-11-4-3-5-13(8-11)16-9-12(2)14-10-17-7-6-15(14)18-16/h3-10H,1-2H3. The van der Waals surface area contributed by atoms with E-state index in [2.05, 4.69) is 49.2 Å². The Morgan fingerprint density at radius 2 is 1.89 bits per heavy atom. The molecule has 2 nitrogen and oxygen atoms in total. The third-order valence-electron chi connectivity index (χ3n) is 3.13. The molecule has 18 heavy (non-hydrogen) atoms. The summed E-state index contributed by atoms with van der Waals surface area (Å²) in [6.45, 7) is 4.20. The molecule has 0 bridgehead atoms. The molecular weight excluding hydrogens is 220 g/mol. The summed E-state index contributed by atoms with van der Waals surface area (Å²) in [7, 11) is 0. The van der Waals surface area contributed by atoms with Crippen LogP contribution in [-0.4, -0.2) is 9.97 Å². The van der Waals surface area contributed by atoms with Crippen molar-refractivity contribution in [2.24, 2.45) is 0 Å². The summed E-state index contributed by atoms with van der Waals surface area (Å²) in [5.41, 5.74) is 5.65. The average molecular weight is 234 g/mol. The van der Waals surface area contributed by atoms with Crippen molar-refractivity contribution in [2.45, 2.75) is 13.8 Å². The molecule has 0 aliphatic carbocycles. The molecule has 88 valence electrons. The maximum atomic E-state index is 4.71. The van der Waals surface area contributed by atoms with Gasteiger partial charge in [-0.3, -0.25) is 4.98 Å². The van der Waals surface area contributed by atoms with E-state index in [1.165, 1.54) is 11.1 Å². The fourth-order valence-corrected chi connectivity index (χ4v) is 2.19. The van der Waals surface area contributed by atoms with E-state index in [1.807, 2.05) is 12.3 Å². The summed E-state index contributed by atoms with van der Waals surface area (Å²) in [5.74, 6) is 0. The zero-order valence-corrected chi connectivity index (χ0v) is 10.5. The topological polar surface area (TPSA) is 25.8 Å². The van der Waals surface area contributed by atoms with Crippen LogP contribution in [0.3, 0.4) is 0 Å². The maximum Gasteiger partial charge on any atom is 0.0742 e. The number of hydrogen-bond acceptors (Lipinski definition) is 2. The molecule has 0 aliphatic rings. The lowest BCUT2D eigenvalue weighted by Crippen LogP contribution is -1.89. The monoisotopic (exact) mass is 234 g/mol. The van der Waals surface area contributed by atoms with Crippen LogP contribution in [0.4, 0.5) is 0 Å². The maximum absolute atomic E-state index is 4.71. The van der Waals surface area contributed by atoms with Gasteiger partial charge in [-0.15, -0.1) is 0 Å². The molecule has 0 unspecified atom stereocenters. The second-order valence-electron chi connectivity index (χ2n) is 4.59. The summed E-state index contributed by atoms with van der Waals surface area (Å²) >= 11 is 0. The zero-order chi connectivity index (χ0) is 12.5. The highest BCUT2D eigenvalue weighted by Crippen LogP contribution is 2.24. The number of nitrogens with zero attached hydrogens (tertiary/aromatic N) is 2. The first-order valence-corrected chi connectivity index (χ1v) is 6.02. The first-order chi connectivity index (χ1) is 8.74. The summed E-state index contributed by atoms with van der Waals surface area (Å²) < 4.78 is 0. The third-order valence-corrected chi connectivity index (χ3v) is 3.13. The lowest BCUT2D eigenvalue weighted by Gasteiger charge is -2.06. The molecule has 3 aromatic rings. The minimum absolute atomic E-state index is 1.00. The number of fused-ring (bicyclic) bond motifs is 1. The van der Waals surface area contributed by atoms with Crippen molar-refractivity contribution in [3.05, 3.63) is 59.9 Å². The van der Waals surface area contributed by atoms with Gasteiger partial charge >= 0.3 is 0 Å². The Balaban J connectivity index is 2.24. The van der Waals surface area contributed by atoms with Crippen LogP contribution >= 0.6 is 0 Å². The van der Waals surface area contributed by atoms with E-state index in [0.29, 0.717) is 0 Å². The molecule has 0 fully saturated rings. The van der Waals surface area contributed by atoms with E-state index in [-0.39, 0.29) is 0 Å². The fraction of sp³-hybridized carbons (Fsp3) is 0.125. The molecule has 0 atom stereocenters. The van der Waals surface area contributed by atoms with Gasteiger partial charge in [0.25, 0.3) is 0 Å². The summed E-state index contributed by atoms with van der Waals surface area (Å²) in [5, 5.41) is 1.12. The Bertz CT molecular complexity index is 717. The van der Waals surface area contributed by atoms with Crippen LogP contribution in [0.15, 0.2) is 48.8 Å². The Kier molecular flexibility index (Phi) is 2.56. The molecule has 1 aromatic carbocycles. The number of aryl methyl sites for hydroxylation is 2. The van der Waals surface area contributed by atoms with Crippen LogP contribution in [-0.2, 0) is 0 Å². The molecule has 2 aromatic heterocycles. The molecule has 2 heteroatoms. The first kappa shape index (κ1) is 10.9. The minimum Gasteiger partial charge on any atom is -0.264 e. The normalized spacial score (nSPS) is 10.8. The molecule has 0 saturated carbocycles. The Labute approximate surface area is 106 Å². The average Bonchev–Trinajstić information content (AvgIpc) is 2.39. The van der Waals surface area contributed by atoms with Gasteiger partial charge in [0.2, 0.25) is 0 Å². The predicted molar refractivity (Wildman–Crippen MR) is 74.4 cm³/mol. The molecule has 0 spiro atoms. The van der Waals surface area contributed by atoms with Gasteiger partial charge in [0.1, 0.15) is 0 Å². The van der Waals surface area contributed by atoms with Gasteiger partial charge in [0, 0.05) is 23.3 Å². The van der Waals surface area contributed by atoms with E-state index in [0.717, 1.165) is 22.2 Å².